The van der Waals surface area contributed by atoms with Crippen LogP contribution < -0.4 is 5.32 Å². The third kappa shape index (κ3) is 4.95. The molecule has 7 heteroatoms. The minimum atomic E-state index is -0.193. The summed E-state index contributed by atoms with van der Waals surface area (Å²) >= 11 is 6.10. The molecule has 0 bridgehead atoms. The van der Waals surface area contributed by atoms with E-state index in [0.717, 1.165) is 11.1 Å². The first kappa shape index (κ1) is 20.0. The normalized spacial score (nSPS) is 14.1. The van der Waals surface area contributed by atoms with Gasteiger partial charge in [0.05, 0.1) is 0 Å². The van der Waals surface area contributed by atoms with Gasteiger partial charge in [0.25, 0.3) is 0 Å². The second-order valence-electron chi connectivity index (χ2n) is 6.89. The number of aromatic hydroxyl groups is 1. The molecule has 6 nitrogen and oxygen atoms in total. The van der Waals surface area contributed by atoms with Crippen LogP contribution in [0.2, 0.25) is 5.02 Å². The highest BCUT2D eigenvalue weighted by Crippen LogP contribution is 2.21. The number of nitrogens with zero attached hydrogens (tertiary/aromatic N) is 2. The molecule has 0 atom stereocenters. The lowest BCUT2D eigenvalue weighted by Gasteiger charge is -2.34. The van der Waals surface area contributed by atoms with Crippen LogP contribution in [-0.4, -0.2) is 53.0 Å². The van der Waals surface area contributed by atoms with E-state index in [1.807, 2.05) is 31.2 Å². The number of anilines is 1. The van der Waals surface area contributed by atoms with Crippen LogP contribution in [-0.2, 0) is 11.2 Å². The smallest absolute Gasteiger partial charge is 0.321 e. The van der Waals surface area contributed by atoms with Gasteiger partial charge in [0.15, 0.2) is 0 Å². The molecule has 0 spiro atoms. The molecule has 3 amide bonds. The zero-order valence-corrected chi connectivity index (χ0v) is 16.6. The molecule has 3 rings (SSSR count). The van der Waals surface area contributed by atoms with Gasteiger partial charge in [0, 0.05) is 43.3 Å². The summed E-state index contributed by atoms with van der Waals surface area (Å²) in [6.45, 7) is 3.87. The number of benzene rings is 2. The third-order valence-corrected chi connectivity index (χ3v) is 5.35. The Bertz CT molecular complexity index is 864. The Hall–Kier alpha value is -2.73. The van der Waals surface area contributed by atoms with Gasteiger partial charge in [-0.05, 0) is 42.7 Å². The standard InChI is InChI=1S/C21H24ClN3O3/c1-15-6-8-17(14-18(15)22)23-21(28)25-12-10-24(11-13-25)20(27)9-7-16-4-2-3-5-19(16)26/h2-6,8,14,26H,7,9-13H2,1H3,(H,23,28). The van der Waals surface area contributed by atoms with Crippen molar-refractivity contribution in [2.24, 2.45) is 0 Å². The highest BCUT2D eigenvalue weighted by molar-refractivity contribution is 6.31. The Morgan fingerprint density at radius 2 is 1.75 bits per heavy atom. The zero-order chi connectivity index (χ0) is 20.1. The predicted octanol–water partition coefficient (Wildman–Crippen LogP) is 3.66. The molecule has 0 unspecified atom stereocenters. The van der Waals surface area contributed by atoms with Crippen molar-refractivity contribution in [1.29, 1.82) is 0 Å². The Morgan fingerprint density at radius 3 is 2.43 bits per heavy atom. The zero-order valence-electron chi connectivity index (χ0n) is 15.8. The Kier molecular flexibility index (Phi) is 6.41. The number of carbonyl (C=O) groups excluding carboxylic acids is 2. The van der Waals surface area contributed by atoms with Gasteiger partial charge >= 0.3 is 6.03 Å². The van der Waals surface area contributed by atoms with Gasteiger partial charge in [-0.1, -0.05) is 35.9 Å². The molecular formula is C21H24ClN3O3. The van der Waals surface area contributed by atoms with Crippen molar-refractivity contribution in [3.8, 4) is 5.75 Å². The summed E-state index contributed by atoms with van der Waals surface area (Å²) in [5, 5.41) is 13.3. The van der Waals surface area contributed by atoms with Crippen LogP contribution in [0.5, 0.6) is 5.75 Å². The molecular weight excluding hydrogens is 378 g/mol. The lowest BCUT2D eigenvalue weighted by Crippen LogP contribution is -2.51. The van der Waals surface area contributed by atoms with Crippen molar-refractivity contribution in [3.63, 3.8) is 0 Å². The SMILES string of the molecule is Cc1ccc(NC(=O)N2CCN(C(=O)CCc3ccccc3O)CC2)cc1Cl. The maximum absolute atomic E-state index is 12.4. The number of hydrogen-bond donors (Lipinski definition) is 2. The summed E-state index contributed by atoms with van der Waals surface area (Å²) in [5.74, 6) is 0.252. The van der Waals surface area contributed by atoms with E-state index in [1.165, 1.54) is 0 Å². The van der Waals surface area contributed by atoms with E-state index >= 15 is 0 Å². The minimum absolute atomic E-state index is 0.0358. The molecule has 2 N–H and O–H groups in total. The van der Waals surface area contributed by atoms with Crippen LogP contribution in [0.1, 0.15) is 17.5 Å². The Morgan fingerprint density at radius 1 is 1.07 bits per heavy atom. The molecule has 1 aliphatic rings. The maximum atomic E-state index is 12.4. The third-order valence-electron chi connectivity index (χ3n) is 4.94. The first-order valence-electron chi connectivity index (χ1n) is 9.31. The molecule has 148 valence electrons. The Balaban J connectivity index is 1.46. The molecule has 2 aromatic carbocycles. The molecule has 28 heavy (non-hydrogen) atoms. The van der Waals surface area contributed by atoms with Crippen LogP contribution in [0, 0.1) is 6.92 Å². The fourth-order valence-corrected chi connectivity index (χ4v) is 3.33. The number of nitrogens with one attached hydrogen (secondary N) is 1. The average Bonchev–Trinajstić information content (AvgIpc) is 2.70. The molecule has 1 aliphatic heterocycles. The lowest BCUT2D eigenvalue weighted by molar-refractivity contribution is -0.132. The van der Waals surface area contributed by atoms with E-state index in [9.17, 15) is 14.7 Å². The first-order chi connectivity index (χ1) is 13.4. The summed E-state index contributed by atoms with van der Waals surface area (Å²) in [6, 6.07) is 12.3. The van der Waals surface area contributed by atoms with Crippen molar-refractivity contribution in [1.82, 2.24) is 9.80 Å². The fourth-order valence-electron chi connectivity index (χ4n) is 3.15. The largest absolute Gasteiger partial charge is 0.508 e. The number of piperazine rings is 1. The first-order valence-corrected chi connectivity index (χ1v) is 9.68. The van der Waals surface area contributed by atoms with Crippen molar-refractivity contribution in [2.75, 3.05) is 31.5 Å². The number of urea groups is 1. The van der Waals surface area contributed by atoms with Crippen LogP contribution in [0.3, 0.4) is 0 Å². The number of hydrogen-bond acceptors (Lipinski definition) is 3. The van der Waals surface area contributed by atoms with Crippen molar-refractivity contribution in [3.05, 3.63) is 58.6 Å². The summed E-state index contributed by atoms with van der Waals surface area (Å²) in [6.07, 6.45) is 0.839. The summed E-state index contributed by atoms with van der Waals surface area (Å²) in [4.78, 5) is 28.3. The van der Waals surface area contributed by atoms with E-state index in [0.29, 0.717) is 49.7 Å². The van der Waals surface area contributed by atoms with E-state index in [2.05, 4.69) is 5.32 Å². The lowest BCUT2D eigenvalue weighted by atomic mass is 10.1. The molecule has 1 saturated heterocycles. The van der Waals surface area contributed by atoms with Crippen molar-refractivity contribution >= 4 is 29.2 Å². The highest BCUT2D eigenvalue weighted by Gasteiger charge is 2.24. The number of phenolic OH excluding ortho intramolecular Hbond substituents is 1. The van der Waals surface area contributed by atoms with Gasteiger partial charge in [-0.25, -0.2) is 4.79 Å². The van der Waals surface area contributed by atoms with Crippen LogP contribution in [0.25, 0.3) is 0 Å². The monoisotopic (exact) mass is 401 g/mol. The van der Waals surface area contributed by atoms with E-state index in [4.69, 9.17) is 11.6 Å². The topological polar surface area (TPSA) is 72.9 Å². The molecule has 2 aromatic rings. The number of aryl methyl sites for hydroxylation is 2. The van der Waals surface area contributed by atoms with Crippen molar-refractivity contribution < 1.29 is 14.7 Å². The fraction of sp³-hybridized carbons (Fsp3) is 0.333. The van der Waals surface area contributed by atoms with Gasteiger partial charge in [0.1, 0.15) is 5.75 Å². The van der Waals surface area contributed by atoms with Gasteiger partial charge in [-0.3, -0.25) is 4.79 Å². The molecule has 0 aliphatic carbocycles. The van der Waals surface area contributed by atoms with Crippen LogP contribution in [0.15, 0.2) is 42.5 Å². The number of halogens is 1. The van der Waals surface area contributed by atoms with E-state index in [-0.39, 0.29) is 17.7 Å². The second kappa shape index (κ2) is 8.97. The van der Waals surface area contributed by atoms with Gasteiger partial charge < -0.3 is 20.2 Å². The summed E-state index contributed by atoms with van der Waals surface area (Å²) in [5.41, 5.74) is 2.38. The maximum Gasteiger partial charge on any atom is 0.321 e. The Labute approximate surface area is 169 Å². The molecule has 0 aromatic heterocycles. The van der Waals surface area contributed by atoms with Crippen LogP contribution in [0.4, 0.5) is 10.5 Å². The number of amides is 3. The van der Waals surface area contributed by atoms with Gasteiger partial charge in [0.2, 0.25) is 5.91 Å². The summed E-state index contributed by atoms with van der Waals surface area (Å²) in [7, 11) is 0. The number of phenols is 1. The van der Waals surface area contributed by atoms with Crippen molar-refractivity contribution in [2.45, 2.75) is 19.8 Å². The second-order valence-corrected chi connectivity index (χ2v) is 7.30. The molecule has 0 saturated carbocycles. The minimum Gasteiger partial charge on any atom is -0.508 e. The molecule has 1 heterocycles. The molecule has 1 fully saturated rings. The highest BCUT2D eigenvalue weighted by atomic mass is 35.5. The van der Waals surface area contributed by atoms with Gasteiger partial charge in [-0.15, -0.1) is 0 Å². The quantitative estimate of drug-likeness (QED) is 0.821. The number of carbonyl (C=O) groups is 2. The predicted molar refractivity (Wildman–Crippen MR) is 110 cm³/mol. The van der Waals surface area contributed by atoms with E-state index in [1.54, 1.807) is 28.0 Å². The summed E-state index contributed by atoms with van der Waals surface area (Å²) < 4.78 is 0. The van der Waals surface area contributed by atoms with E-state index < -0.39 is 0 Å². The average molecular weight is 402 g/mol. The number of para-hydroxylation sites is 1. The van der Waals surface area contributed by atoms with Gasteiger partial charge in [-0.2, -0.15) is 0 Å². The van der Waals surface area contributed by atoms with Crippen LogP contribution >= 0.6 is 11.6 Å². The number of rotatable bonds is 4. The molecule has 0 radical (unpaired) electrons.